The Labute approximate surface area is 194 Å². The van der Waals surface area contributed by atoms with Crippen LogP contribution in [-0.4, -0.2) is 118 Å². The second kappa shape index (κ2) is 15.5. The third-order valence-electron chi connectivity index (χ3n) is 4.96. The standard InChI is InChI=1S/C21H41NO9S/c1-12(2)17(24)15(22-13(3)4)5-8-32-11-14(23)9-29-6-7-30-10-16-18(25)19(26)20(27)21(28)31-16/h12-16,18-23,25-28H,5-11H2,1-4H3/t14?,15-,16+,18-,19-,20+,21?/m0/s1. The number of aliphatic hydroxyl groups excluding tert-OH is 5. The van der Waals surface area contributed by atoms with Gasteiger partial charge in [-0.1, -0.05) is 27.7 Å². The van der Waals surface area contributed by atoms with Gasteiger partial charge in [0.1, 0.15) is 24.4 Å². The molecule has 1 saturated heterocycles. The topological polar surface area (TPSA) is 158 Å². The van der Waals surface area contributed by atoms with Gasteiger partial charge in [-0.25, -0.2) is 0 Å². The summed E-state index contributed by atoms with van der Waals surface area (Å²) in [4.78, 5) is 12.3. The Morgan fingerprint density at radius 3 is 2.31 bits per heavy atom. The average molecular weight is 484 g/mol. The molecule has 0 bridgehead atoms. The van der Waals surface area contributed by atoms with E-state index in [1.54, 1.807) is 11.8 Å². The third-order valence-corrected chi connectivity index (χ3v) is 6.10. The molecule has 1 fully saturated rings. The van der Waals surface area contributed by atoms with E-state index in [1.807, 2.05) is 27.7 Å². The van der Waals surface area contributed by atoms with Gasteiger partial charge in [0.25, 0.3) is 0 Å². The molecular weight excluding hydrogens is 442 g/mol. The number of rotatable bonds is 16. The van der Waals surface area contributed by atoms with Crippen molar-refractivity contribution < 1.29 is 44.5 Å². The van der Waals surface area contributed by atoms with E-state index in [1.165, 1.54) is 0 Å². The molecule has 11 heteroatoms. The number of Topliss-reactive ketones (excluding diaryl/α,β-unsaturated/α-hetero) is 1. The minimum atomic E-state index is -1.59. The predicted octanol–water partition coefficient (Wildman–Crippen LogP) is -1.10. The maximum absolute atomic E-state index is 12.3. The number of thioether (sulfide) groups is 1. The van der Waals surface area contributed by atoms with Gasteiger partial charge < -0.3 is 45.1 Å². The van der Waals surface area contributed by atoms with Gasteiger partial charge in [0.2, 0.25) is 0 Å². The number of hydrogen-bond donors (Lipinski definition) is 6. The van der Waals surface area contributed by atoms with Crippen LogP contribution in [0.4, 0.5) is 0 Å². The summed E-state index contributed by atoms with van der Waals surface area (Å²) >= 11 is 1.57. The van der Waals surface area contributed by atoms with E-state index < -0.39 is 36.8 Å². The summed E-state index contributed by atoms with van der Waals surface area (Å²) in [6, 6.07) is 0.0498. The molecule has 1 rings (SSSR count). The maximum atomic E-state index is 12.3. The normalized spacial score (nSPS) is 28.3. The Morgan fingerprint density at radius 1 is 1.03 bits per heavy atom. The van der Waals surface area contributed by atoms with Crippen LogP contribution in [0.5, 0.6) is 0 Å². The van der Waals surface area contributed by atoms with Gasteiger partial charge in [0.15, 0.2) is 12.1 Å². The fourth-order valence-electron chi connectivity index (χ4n) is 3.19. The van der Waals surface area contributed by atoms with E-state index in [0.29, 0.717) is 12.2 Å². The minimum Gasteiger partial charge on any atom is -0.390 e. The number of nitrogens with one attached hydrogen (secondary N) is 1. The summed E-state index contributed by atoms with van der Waals surface area (Å²) in [5.41, 5.74) is 0. The molecule has 0 amide bonds. The molecule has 190 valence electrons. The SMILES string of the molecule is CC(C)N[C@@H](CCSCC(O)COCCOC[C@H]1OC(O)[C@H](O)[C@@H](O)[C@H]1O)C(=O)C(C)C. The van der Waals surface area contributed by atoms with Crippen LogP contribution in [0.1, 0.15) is 34.1 Å². The Bertz CT molecular complexity index is 525. The summed E-state index contributed by atoms with van der Waals surface area (Å²) in [6.07, 6.45) is -6.97. The molecule has 1 aliphatic rings. The van der Waals surface area contributed by atoms with Gasteiger partial charge in [-0.05, 0) is 12.2 Å². The zero-order chi connectivity index (χ0) is 24.3. The molecule has 10 nitrogen and oxygen atoms in total. The van der Waals surface area contributed by atoms with Gasteiger partial charge >= 0.3 is 0 Å². The van der Waals surface area contributed by atoms with Gasteiger partial charge in [-0.2, -0.15) is 11.8 Å². The van der Waals surface area contributed by atoms with Crippen molar-refractivity contribution in [2.24, 2.45) is 5.92 Å². The summed E-state index contributed by atoms with van der Waals surface area (Å²) < 4.78 is 15.7. The average Bonchev–Trinajstić information content (AvgIpc) is 2.73. The molecule has 0 aliphatic carbocycles. The van der Waals surface area contributed by atoms with Crippen LogP contribution in [0.25, 0.3) is 0 Å². The van der Waals surface area contributed by atoms with Crippen molar-refractivity contribution in [1.82, 2.24) is 5.32 Å². The van der Waals surface area contributed by atoms with Crippen LogP contribution >= 0.6 is 11.8 Å². The molecule has 0 saturated carbocycles. The van der Waals surface area contributed by atoms with Crippen molar-refractivity contribution in [3.05, 3.63) is 0 Å². The fourth-order valence-corrected chi connectivity index (χ4v) is 4.12. The van der Waals surface area contributed by atoms with E-state index in [4.69, 9.17) is 14.2 Å². The molecule has 1 aliphatic heterocycles. The highest BCUT2D eigenvalue weighted by molar-refractivity contribution is 7.99. The van der Waals surface area contributed by atoms with Crippen molar-refractivity contribution in [3.8, 4) is 0 Å². The zero-order valence-electron chi connectivity index (χ0n) is 19.4. The van der Waals surface area contributed by atoms with Gasteiger partial charge in [0.05, 0.1) is 38.6 Å². The van der Waals surface area contributed by atoms with E-state index in [9.17, 15) is 30.3 Å². The van der Waals surface area contributed by atoms with E-state index in [0.717, 1.165) is 5.75 Å². The molecule has 0 aromatic rings. The summed E-state index contributed by atoms with van der Waals surface area (Å²) in [6.45, 7) is 8.25. The van der Waals surface area contributed by atoms with E-state index in [-0.39, 0.29) is 50.2 Å². The first-order valence-electron chi connectivity index (χ1n) is 11.1. The van der Waals surface area contributed by atoms with Crippen LogP contribution in [0.15, 0.2) is 0 Å². The van der Waals surface area contributed by atoms with Crippen molar-refractivity contribution in [2.45, 2.75) is 83.0 Å². The highest BCUT2D eigenvalue weighted by Gasteiger charge is 2.42. The second-order valence-electron chi connectivity index (χ2n) is 8.64. The molecule has 32 heavy (non-hydrogen) atoms. The Kier molecular flexibility index (Phi) is 14.4. The predicted molar refractivity (Wildman–Crippen MR) is 120 cm³/mol. The Hall–Kier alpha value is -0.340. The first-order valence-corrected chi connectivity index (χ1v) is 12.3. The summed E-state index contributed by atoms with van der Waals surface area (Å²) in [5.74, 6) is 1.42. The summed E-state index contributed by atoms with van der Waals surface area (Å²) in [5, 5.41) is 51.7. The van der Waals surface area contributed by atoms with Crippen molar-refractivity contribution in [3.63, 3.8) is 0 Å². The van der Waals surface area contributed by atoms with Crippen molar-refractivity contribution in [1.29, 1.82) is 0 Å². The van der Waals surface area contributed by atoms with E-state index in [2.05, 4.69) is 5.32 Å². The molecule has 2 unspecified atom stereocenters. The number of hydrogen-bond acceptors (Lipinski definition) is 11. The smallest absolute Gasteiger partial charge is 0.184 e. The number of aliphatic hydroxyl groups is 5. The van der Waals surface area contributed by atoms with Gasteiger partial charge in [-0.3, -0.25) is 4.79 Å². The fraction of sp³-hybridized carbons (Fsp3) is 0.952. The van der Waals surface area contributed by atoms with Crippen molar-refractivity contribution in [2.75, 3.05) is 37.9 Å². The Morgan fingerprint density at radius 2 is 1.69 bits per heavy atom. The molecule has 6 N–H and O–H groups in total. The maximum Gasteiger partial charge on any atom is 0.184 e. The van der Waals surface area contributed by atoms with Crippen LogP contribution < -0.4 is 5.32 Å². The minimum absolute atomic E-state index is 0.0212. The first-order chi connectivity index (χ1) is 15.0. The van der Waals surface area contributed by atoms with Crippen LogP contribution in [-0.2, 0) is 19.0 Å². The molecule has 1 heterocycles. The van der Waals surface area contributed by atoms with E-state index >= 15 is 0 Å². The lowest BCUT2D eigenvalue weighted by Gasteiger charge is -2.38. The molecule has 0 aromatic heterocycles. The molecule has 7 atom stereocenters. The van der Waals surface area contributed by atoms with Gasteiger partial charge in [-0.15, -0.1) is 0 Å². The summed E-state index contributed by atoms with van der Waals surface area (Å²) in [7, 11) is 0. The number of carbonyl (C=O) groups excluding carboxylic acids is 1. The molecule has 0 spiro atoms. The molecule has 0 radical (unpaired) electrons. The Balaban J connectivity index is 2.12. The van der Waals surface area contributed by atoms with Crippen LogP contribution in [0, 0.1) is 5.92 Å². The monoisotopic (exact) mass is 483 g/mol. The van der Waals surface area contributed by atoms with Crippen molar-refractivity contribution >= 4 is 17.5 Å². The zero-order valence-corrected chi connectivity index (χ0v) is 20.2. The lowest BCUT2D eigenvalue weighted by Crippen LogP contribution is -2.58. The molecular formula is C21H41NO9S. The highest BCUT2D eigenvalue weighted by Crippen LogP contribution is 2.20. The third kappa shape index (κ3) is 10.7. The van der Waals surface area contributed by atoms with Crippen LogP contribution in [0.3, 0.4) is 0 Å². The lowest BCUT2D eigenvalue weighted by molar-refractivity contribution is -0.288. The lowest BCUT2D eigenvalue weighted by atomic mass is 9.99. The quantitative estimate of drug-likeness (QED) is 0.148. The number of carbonyl (C=O) groups is 1. The molecule has 0 aromatic carbocycles. The number of ether oxygens (including phenoxy) is 3. The number of ketones is 1. The largest absolute Gasteiger partial charge is 0.390 e. The second-order valence-corrected chi connectivity index (χ2v) is 9.78. The first kappa shape index (κ1) is 29.7. The highest BCUT2D eigenvalue weighted by atomic mass is 32.2. The van der Waals surface area contributed by atoms with Gasteiger partial charge in [0, 0.05) is 17.7 Å². The van der Waals surface area contributed by atoms with Crippen LogP contribution in [0.2, 0.25) is 0 Å².